The Morgan fingerprint density at radius 3 is 1.48 bits per heavy atom. The Morgan fingerprint density at radius 2 is 0.877 bits per heavy atom. The monoisotopic (exact) mass is 830 g/mol. The van der Waals surface area contributed by atoms with Gasteiger partial charge in [0.25, 0.3) is 0 Å². The second kappa shape index (κ2) is 14.5. The highest BCUT2D eigenvalue weighted by Crippen LogP contribution is 2.48. The number of hydrogen-bond donors (Lipinski definition) is 0. The topological polar surface area (TPSA) is 85.5 Å². The number of furan rings is 1. The molecule has 65 heavy (non-hydrogen) atoms. The van der Waals surface area contributed by atoms with Crippen LogP contribution in [0.15, 0.2) is 211 Å². The van der Waals surface area contributed by atoms with Gasteiger partial charge in [-0.1, -0.05) is 164 Å². The largest absolute Gasteiger partial charge is 0.455 e. The molecule has 7 nitrogen and oxygen atoms in total. The molecule has 13 aromatic rings. The van der Waals surface area contributed by atoms with Crippen molar-refractivity contribution in [1.82, 2.24) is 24.1 Å². The first-order valence-corrected chi connectivity index (χ1v) is 21.6. The zero-order valence-electron chi connectivity index (χ0n) is 34.7. The summed E-state index contributed by atoms with van der Waals surface area (Å²) >= 11 is 0. The molecule has 0 fully saturated rings. The molecule has 0 spiro atoms. The Morgan fingerprint density at radius 1 is 0.400 bits per heavy atom. The van der Waals surface area contributed by atoms with E-state index in [1.165, 1.54) is 0 Å². The molecule has 0 saturated carbocycles. The molecule has 0 bridgehead atoms. The van der Waals surface area contributed by atoms with E-state index in [0.29, 0.717) is 28.6 Å². The predicted molar refractivity (Wildman–Crippen MR) is 262 cm³/mol. The number of nitrogens with zero attached hydrogens (tertiary/aromatic N) is 6. The lowest BCUT2D eigenvalue weighted by atomic mass is 9.93. The fourth-order valence-corrected chi connectivity index (χ4v) is 9.83. The van der Waals surface area contributed by atoms with Crippen molar-refractivity contribution in [3.05, 3.63) is 212 Å². The zero-order valence-corrected chi connectivity index (χ0v) is 34.7. The molecule has 0 atom stereocenters. The fourth-order valence-electron chi connectivity index (χ4n) is 9.83. The second-order valence-corrected chi connectivity index (χ2v) is 16.2. The number of benzene rings is 9. The van der Waals surface area contributed by atoms with Gasteiger partial charge in [0.1, 0.15) is 11.2 Å². The van der Waals surface area contributed by atoms with Crippen LogP contribution in [-0.4, -0.2) is 24.1 Å². The Kier molecular flexibility index (Phi) is 8.14. The van der Waals surface area contributed by atoms with Crippen LogP contribution in [0.3, 0.4) is 0 Å². The van der Waals surface area contributed by atoms with Crippen LogP contribution in [-0.2, 0) is 0 Å². The van der Waals surface area contributed by atoms with E-state index in [1.54, 1.807) is 0 Å². The summed E-state index contributed by atoms with van der Waals surface area (Å²) in [6.45, 7) is 0. The smallest absolute Gasteiger partial charge is 0.166 e. The summed E-state index contributed by atoms with van der Waals surface area (Å²) in [5.74, 6) is 1.48. The SMILES string of the molecule is N#Cc1cc(-c2nc(-c3ccccc3)nc(-c3ccccc3)n2)c(-n2c3ccccc3c3c4oc5ccccc5c4ccc32)c(-n2c3ccccc3c3ccccc32)c1-c1ccccc1. The predicted octanol–water partition coefficient (Wildman–Crippen LogP) is 14.5. The zero-order chi connectivity index (χ0) is 43.0. The molecule has 0 aliphatic rings. The van der Waals surface area contributed by atoms with E-state index < -0.39 is 0 Å². The van der Waals surface area contributed by atoms with Gasteiger partial charge in [0.2, 0.25) is 0 Å². The lowest BCUT2D eigenvalue weighted by Gasteiger charge is -2.24. The molecule has 0 saturated heterocycles. The molecule has 302 valence electrons. The fraction of sp³-hybridized carbons (Fsp3) is 0. The molecule has 0 amide bonds. The lowest BCUT2D eigenvalue weighted by molar-refractivity contribution is 0.673. The van der Waals surface area contributed by atoms with Crippen molar-refractivity contribution >= 4 is 65.6 Å². The first-order valence-electron chi connectivity index (χ1n) is 21.6. The third-order valence-electron chi connectivity index (χ3n) is 12.6. The van der Waals surface area contributed by atoms with Crippen molar-refractivity contribution in [2.75, 3.05) is 0 Å². The van der Waals surface area contributed by atoms with E-state index in [0.717, 1.165) is 99.2 Å². The number of rotatable bonds is 6. The summed E-state index contributed by atoms with van der Waals surface area (Å²) in [6.07, 6.45) is 0. The van der Waals surface area contributed by atoms with Crippen molar-refractivity contribution in [1.29, 1.82) is 5.26 Å². The summed E-state index contributed by atoms with van der Waals surface area (Å²) in [4.78, 5) is 15.8. The normalized spacial score (nSPS) is 11.7. The Balaban J connectivity index is 1.29. The molecule has 4 aromatic heterocycles. The summed E-state index contributed by atoms with van der Waals surface area (Å²) in [6, 6.07) is 73.0. The average Bonchev–Trinajstić information content (AvgIpc) is 4.04. The van der Waals surface area contributed by atoms with Gasteiger partial charge in [-0.05, 0) is 48.0 Å². The van der Waals surface area contributed by atoms with Gasteiger partial charge in [-0.2, -0.15) is 5.26 Å². The van der Waals surface area contributed by atoms with Crippen molar-refractivity contribution in [3.8, 4) is 62.7 Å². The highest BCUT2D eigenvalue weighted by molar-refractivity contribution is 6.24. The van der Waals surface area contributed by atoms with Crippen LogP contribution in [0.2, 0.25) is 0 Å². The number of para-hydroxylation sites is 4. The summed E-state index contributed by atoms with van der Waals surface area (Å²) < 4.78 is 11.5. The standard InChI is InChI=1S/C58H34N6O/c59-35-39-34-45(58-61-56(37-20-6-2-7-21-37)60-57(62-58)38-22-8-3-9-23-38)53(64-48-30-16-12-27-44(48)52-49(64)33-32-43-42-26-13-17-31-50(42)65-55(43)52)54(51(39)36-18-4-1-5-19-36)63-46-28-14-10-24-40(46)41-25-11-15-29-47(41)63/h1-34H. The van der Waals surface area contributed by atoms with E-state index in [9.17, 15) is 5.26 Å². The van der Waals surface area contributed by atoms with E-state index >= 15 is 0 Å². The molecule has 0 N–H and O–H groups in total. The van der Waals surface area contributed by atoms with Gasteiger partial charge < -0.3 is 13.6 Å². The minimum absolute atomic E-state index is 0.432. The van der Waals surface area contributed by atoms with E-state index in [1.807, 2.05) is 97.1 Å². The van der Waals surface area contributed by atoms with Crippen LogP contribution in [0.5, 0.6) is 0 Å². The van der Waals surface area contributed by atoms with Crippen molar-refractivity contribution in [2.45, 2.75) is 0 Å². The molecule has 9 aromatic carbocycles. The molecule has 0 aliphatic carbocycles. The van der Waals surface area contributed by atoms with Gasteiger partial charge in [-0.25, -0.2) is 15.0 Å². The van der Waals surface area contributed by atoms with Crippen LogP contribution in [0.1, 0.15) is 5.56 Å². The first kappa shape index (κ1) is 36.5. The molecule has 0 aliphatic heterocycles. The number of fused-ring (bicyclic) bond motifs is 10. The third-order valence-corrected chi connectivity index (χ3v) is 12.6. The number of nitriles is 1. The Labute approximate surface area is 372 Å². The summed E-state index contributed by atoms with van der Waals surface area (Å²) in [7, 11) is 0. The molecule has 0 unspecified atom stereocenters. The van der Waals surface area contributed by atoms with Crippen LogP contribution < -0.4 is 0 Å². The summed E-state index contributed by atoms with van der Waals surface area (Å²) in [5.41, 5.74) is 11.7. The molecule has 7 heteroatoms. The molecular weight excluding hydrogens is 797 g/mol. The van der Waals surface area contributed by atoms with Crippen molar-refractivity contribution < 1.29 is 4.42 Å². The Hall–Kier alpha value is -9.12. The van der Waals surface area contributed by atoms with Crippen LogP contribution in [0.4, 0.5) is 0 Å². The van der Waals surface area contributed by atoms with Gasteiger partial charge in [-0.15, -0.1) is 0 Å². The minimum atomic E-state index is 0.432. The third kappa shape index (κ3) is 5.58. The highest BCUT2D eigenvalue weighted by atomic mass is 16.3. The quantitative estimate of drug-likeness (QED) is 0.167. The van der Waals surface area contributed by atoms with Crippen molar-refractivity contribution in [3.63, 3.8) is 0 Å². The molecule has 4 heterocycles. The first-order chi connectivity index (χ1) is 32.2. The van der Waals surface area contributed by atoms with Crippen LogP contribution in [0.25, 0.3) is 122 Å². The number of aromatic nitrogens is 5. The van der Waals surface area contributed by atoms with Crippen LogP contribution >= 0.6 is 0 Å². The van der Waals surface area contributed by atoms with Gasteiger partial charge in [0, 0.05) is 49.2 Å². The van der Waals surface area contributed by atoms with Crippen LogP contribution in [0, 0.1) is 11.3 Å². The Bertz CT molecular complexity index is 3950. The maximum absolute atomic E-state index is 11.5. The maximum Gasteiger partial charge on any atom is 0.166 e. The lowest BCUT2D eigenvalue weighted by Crippen LogP contribution is -2.11. The minimum Gasteiger partial charge on any atom is -0.455 e. The van der Waals surface area contributed by atoms with Gasteiger partial charge in [0.05, 0.1) is 50.5 Å². The van der Waals surface area contributed by atoms with E-state index in [4.69, 9.17) is 19.4 Å². The summed E-state index contributed by atoms with van der Waals surface area (Å²) in [5, 5.41) is 17.8. The average molecular weight is 831 g/mol. The van der Waals surface area contributed by atoms with Crippen molar-refractivity contribution in [2.24, 2.45) is 0 Å². The molecule has 13 rings (SSSR count). The highest BCUT2D eigenvalue weighted by Gasteiger charge is 2.30. The number of hydrogen-bond acceptors (Lipinski definition) is 5. The molecule has 0 radical (unpaired) electrons. The van der Waals surface area contributed by atoms with E-state index in [-0.39, 0.29) is 0 Å². The second-order valence-electron chi connectivity index (χ2n) is 16.2. The van der Waals surface area contributed by atoms with Gasteiger partial charge >= 0.3 is 0 Å². The van der Waals surface area contributed by atoms with Gasteiger partial charge in [-0.3, -0.25) is 0 Å². The van der Waals surface area contributed by atoms with Gasteiger partial charge in [0.15, 0.2) is 17.5 Å². The van der Waals surface area contributed by atoms with E-state index in [2.05, 4.69) is 124 Å². The maximum atomic E-state index is 11.5. The molecular formula is C58H34N6O.